The van der Waals surface area contributed by atoms with Gasteiger partial charge in [-0.2, -0.15) is 0 Å². The number of hydrogen-bond donors (Lipinski definition) is 1. The Balaban J connectivity index is 1.53. The number of aromatic nitrogens is 2. The molecule has 2 aromatic heterocycles. The maximum absolute atomic E-state index is 14.0. The molecule has 1 N–H and O–H groups in total. The van der Waals surface area contributed by atoms with E-state index < -0.39 is 0 Å². The summed E-state index contributed by atoms with van der Waals surface area (Å²) in [5.74, 6) is 0.328. The lowest BCUT2D eigenvalue weighted by Gasteiger charge is -2.26. The monoisotopic (exact) mass is 583 g/mol. The number of carbonyl (C=O) groups excluding carboxylic acids is 1. The summed E-state index contributed by atoms with van der Waals surface area (Å²) in [5, 5.41) is 4.08. The first-order chi connectivity index (χ1) is 17.3. The summed E-state index contributed by atoms with van der Waals surface area (Å²) in [5.41, 5.74) is 3.47. The molecule has 0 radical (unpaired) electrons. The Morgan fingerprint density at radius 1 is 1.28 bits per heavy atom. The van der Waals surface area contributed by atoms with Crippen LogP contribution in [-0.4, -0.2) is 27.3 Å². The summed E-state index contributed by atoms with van der Waals surface area (Å²) in [4.78, 5) is 33.4. The van der Waals surface area contributed by atoms with Gasteiger partial charge in [-0.25, -0.2) is 4.98 Å². The minimum Gasteiger partial charge on any atom is -0.372 e. The molecule has 0 spiro atoms. The van der Waals surface area contributed by atoms with Crippen LogP contribution in [0.1, 0.15) is 29.9 Å². The van der Waals surface area contributed by atoms with Crippen LogP contribution in [0.5, 0.6) is 0 Å². The predicted molar refractivity (Wildman–Crippen MR) is 151 cm³/mol. The number of nitrogens with one attached hydrogen (secondary N) is 1. The molecule has 9 heteroatoms. The van der Waals surface area contributed by atoms with Gasteiger partial charge >= 0.3 is 0 Å². The highest BCUT2D eigenvalue weighted by Gasteiger charge is 2.29. The lowest BCUT2D eigenvalue weighted by molar-refractivity contribution is -0.113. The number of rotatable bonds is 6. The molecule has 1 aliphatic heterocycles. The lowest BCUT2D eigenvalue weighted by Crippen LogP contribution is -2.28. The fraction of sp³-hybridized carbons (Fsp3) is 0.296. The largest absolute Gasteiger partial charge is 0.372 e. The summed E-state index contributed by atoms with van der Waals surface area (Å²) in [6.07, 6.45) is 0.790. The third-order valence-corrected chi connectivity index (χ3v) is 8.74. The Kier molecular flexibility index (Phi) is 7.35. The Morgan fingerprint density at radius 3 is 2.78 bits per heavy atom. The molecule has 2 aromatic carbocycles. The van der Waals surface area contributed by atoms with Crippen molar-refractivity contribution < 1.29 is 9.53 Å². The molecule has 5 rings (SSSR count). The van der Waals surface area contributed by atoms with E-state index in [0.717, 1.165) is 26.2 Å². The van der Waals surface area contributed by atoms with Crippen LogP contribution in [0, 0.1) is 12.8 Å². The van der Waals surface area contributed by atoms with Crippen LogP contribution in [-0.2, 0) is 22.6 Å². The molecule has 0 aliphatic carbocycles. The summed E-state index contributed by atoms with van der Waals surface area (Å²) in [6.45, 7) is 6.78. The molecular formula is C27H26BrN3O3S2. The molecule has 1 aliphatic rings. The first kappa shape index (κ1) is 25.2. The number of thioether (sulfide) groups is 1. The van der Waals surface area contributed by atoms with Crippen LogP contribution in [0.4, 0.5) is 5.69 Å². The third-order valence-electron chi connectivity index (χ3n) is 6.18. The van der Waals surface area contributed by atoms with Gasteiger partial charge in [0.15, 0.2) is 5.16 Å². The zero-order valence-corrected chi connectivity index (χ0v) is 23.4. The van der Waals surface area contributed by atoms with Gasteiger partial charge in [-0.05, 0) is 60.4 Å². The minimum absolute atomic E-state index is 0.0819. The summed E-state index contributed by atoms with van der Waals surface area (Å²) < 4.78 is 8.65. The Bertz CT molecular complexity index is 1490. The van der Waals surface area contributed by atoms with Gasteiger partial charge in [0.2, 0.25) is 5.91 Å². The molecule has 3 heterocycles. The van der Waals surface area contributed by atoms with E-state index in [-0.39, 0.29) is 23.3 Å². The second-order valence-electron chi connectivity index (χ2n) is 9.20. The molecule has 4 aromatic rings. The van der Waals surface area contributed by atoms with Crippen molar-refractivity contribution in [2.24, 2.45) is 5.92 Å². The molecule has 0 fully saturated rings. The Labute approximate surface area is 226 Å². The highest BCUT2D eigenvalue weighted by molar-refractivity contribution is 9.10. The van der Waals surface area contributed by atoms with Crippen molar-refractivity contribution >= 4 is 60.8 Å². The molecule has 0 bridgehead atoms. The number of nitrogens with zero attached hydrogens (tertiary/aromatic N) is 2. The Morgan fingerprint density at radius 2 is 2.06 bits per heavy atom. The van der Waals surface area contributed by atoms with Gasteiger partial charge in [0.1, 0.15) is 4.83 Å². The van der Waals surface area contributed by atoms with Gasteiger partial charge < -0.3 is 10.1 Å². The van der Waals surface area contributed by atoms with E-state index >= 15 is 0 Å². The molecule has 0 unspecified atom stereocenters. The first-order valence-corrected chi connectivity index (χ1v) is 14.3. The average Bonchev–Trinajstić information content (AvgIpc) is 3.22. The Hall–Kier alpha value is -2.46. The van der Waals surface area contributed by atoms with Crippen LogP contribution in [0.25, 0.3) is 15.9 Å². The van der Waals surface area contributed by atoms with Crippen LogP contribution in [0.15, 0.2) is 63.0 Å². The molecular weight excluding hydrogens is 558 g/mol. The number of carbonyl (C=O) groups is 1. The van der Waals surface area contributed by atoms with Crippen LogP contribution in [0.2, 0.25) is 0 Å². The van der Waals surface area contributed by atoms with Crippen molar-refractivity contribution in [1.29, 1.82) is 0 Å². The molecule has 36 heavy (non-hydrogen) atoms. The average molecular weight is 585 g/mol. The van der Waals surface area contributed by atoms with E-state index in [0.29, 0.717) is 40.0 Å². The summed E-state index contributed by atoms with van der Waals surface area (Å²) in [6, 6.07) is 15.2. The fourth-order valence-electron chi connectivity index (χ4n) is 4.29. The highest BCUT2D eigenvalue weighted by Crippen LogP contribution is 2.36. The maximum atomic E-state index is 14.0. The minimum atomic E-state index is -0.161. The van der Waals surface area contributed by atoms with Crippen LogP contribution in [0.3, 0.4) is 0 Å². The van der Waals surface area contributed by atoms with Crippen molar-refractivity contribution in [1.82, 2.24) is 9.55 Å². The molecule has 1 amide bonds. The number of fused-ring (bicyclic) bond motifs is 3. The topological polar surface area (TPSA) is 73.2 Å². The summed E-state index contributed by atoms with van der Waals surface area (Å²) >= 11 is 6.19. The van der Waals surface area contributed by atoms with Gasteiger partial charge in [0.25, 0.3) is 5.56 Å². The van der Waals surface area contributed by atoms with Crippen LogP contribution < -0.4 is 10.9 Å². The van der Waals surface area contributed by atoms with Gasteiger partial charge in [0.05, 0.1) is 29.5 Å². The number of amides is 1. The van der Waals surface area contributed by atoms with Crippen molar-refractivity contribution in [3.05, 3.63) is 79.4 Å². The van der Waals surface area contributed by atoms with E-state index in [1.807, 2.05) is 55.5 Å². The van der Waals surface area contributed by atoms with Crippen molar-refractivity contribution in [3.63, 3.8) is 0 Å². The highest BCUT2D eigenvalue weighted by atomic mass is 79.9. The van der Waals surface area contributed by atoms with E-state index in [4.69, 9.17) is 9.72 Å². The van der Waals surface area contributed by atoms with Gasteiger partial charge in [-0.1, -0.05) is 53.7 Å². The number of anilines is 1. The molecule has 0 saturated carbocycles. The van der Waals surface area contributed by atoms with Gasteiger partial charge in [0, 0.05) is 21.5 Å². The van der Waals surface area contributed by atoms with Gasteiger partial charge in [-0.3, -0.25) is 14.2 Å². The van der Waals surface area contributed by atoms with Crippen molar-refractivity contribution in [2.45, 2.75) is 45.1 Å². The van der Waals surface area contributed by atoms with Crippen molar-refractivity contribution in [2.75, 3.05) is 11.1 Å². The van der Waals surface area contributed by atoms with Crippen LogP contribution >= 0.6 is 39.0 Å². The van der Waals surface area contributed by atoms with E-state index in [1.54, 1.807) is 4.57 Å². The number of aryl methyl sites for hydroxylation is 1. The SMILES string of the molecule is Cc1cccc(-n2c(SCC(=O)Nc3ccc(Br)cc3)nc3sc4c(c3c2=O)C[C@H](C(C)C)OC4)c1. The smallest absolute Gasteiger partial charge is 0.267 e. The normalized spacial score (nSPS) is 15.3. The van der Waals surface area contributed by atoms with E-state index in [2.05, 4.69) is 35.1 Å². The number of hydrogen-bond acceptors (Lipinski definition) is 6. The zero-order chi connectivity index (χ0) is 25.4. The number of thiophene rings is 1. The quantitative estimate of drug-likeness (QED) is 0.211. The molecule has 6 nitrogen and oxygen atoms in total. The predicted octanol–water partition coefficient (Wildman–Crippen LogP) is 6.35. The molecule has 1 atom stereocenters. The molecule has 0 saturated heterocycles. The fourth-order valence-corrected chi connectivity index (χ4v) is 6.53. The number of halogens is 1. The third kappa shape index (κ3) is 5.16. The summed E-state index contributed by atoms with van der Waals surface area (Å²) in [7, 11) is 0. The standard InChI is InChI=1S/C27H26BrN3O3S2/c1-15(2)21-12-20-22(13-34-21)36-25-24(20)26(33)31(19-6-4-5-16(3)11-19)27(30-25)35-14-23(32)29-18-9-7-17(28)8-10-18/h4-11,15,21H,12-14H2,1-3H3,(H,29,32)/t21-/m1/s1. The zero-order valence-electron chi connectivity index (χ0n) is 20.2. The second kappa shape index (κ2) is 10.5. The number of benzene rings is 2. The second-order valence-corrected chi connectivity index (χ2v) is 12.1. The molecule has 186 valence electrons. The maximum Gasteiger partial charge on any atom is 0.267 e. The van der Waals surface area contributed by atoms with E-state index in [9.17, 15) is 9.59 Å². The number of ether oxygens (including phenoxy) is 1. The van der Waals surface area contributed by atoms with Gasteiger partial charge in [-0.15, -0.1) is 11.3 Å². The van der Waals surface area contributed by atoms with Crippen molar-refractivity contribution in [3.8, 4) is 5.69 Å². The van der Waals surface area contributed by atoms with E-state index in [1.165, 1.54) is 23.1 Å². The first-order valence-electron chi connectivity index (χ1n) is 11.7. The lowest BCUT2D eigenvalue weighted by atomic mass is 9.96.